The van der Waals surface area contributed by atoms with Gasteiger partial charge in [-0.25, -0.2) is 4.98 Å². The summed E-state index contributed by atoms with van der Waals surface area (Å²) in [7, 11) is 0. The normalized spacial score (nSPS) is 27.7. The second kappa shape index (κ2) is 5.63. The van der Waals surface area contributed by atoms with E-state index in [0.717, 1.165) is 25.3 Å². The molecule has 0 aliphatic carbocycles. The fraction of sp³-hybridized carbons (Fsp3) is 0.800. The number of hydrogen-bond acceptors (Lipinski definition) is 3. The SMILES string of the molecule is CCN1CCC(Cc2ncc3n2CCCC3CO)C1. The zero-order valence-electron chi connectivity index (χ0n) is 11.9. The third kappa shape index (κ3) is 2.56. The van der Waals surface area contributed by atoms with E-state index in [1.165, 1.54) is 44.0 Å². The van der Waals surface area contributed by atoms with Crippen LogP contribution in [0.5, 0.6) is 0 Å². The van der Waals surface area contributed by atoms with Gasteiger partial charge in [-0.2, -0.15) is 0 Å². The molecule has 0 radical (unpaired) electrons. The minimum absolute atomic E-state index is 0.262. The van der Waals surface area contributed by atoms with Gasteiger partial charge in [-0.05, 0) is 38.3 Å². The fourth-order valence-electron chi connectivity index (χ4n) is 3.63. The van der Waals surface area contributed by atoms with E-state index in [2.05, 4.69) is 21.4 Å². The van der Waals surface area contributed by atoms with Crippen molar-refractivity contribution in [2.75, 3.05) is 26.2 Å². The number of imidazole rings is 1. The molecule has 0 aromatic carbocycles. The van der Waals surface area contributed by atoms with E-state index in [0.29, 0.717) is 5.92 Å². The van der Waals surface area contributed by atoms with E-state index in [9.17, 15) is 5.11 Å². The minimum Gasteiger partial charge on any atom is -0.396 e. The van der Waals surface area contributed by atoms with Crippen LogP contribution in [0, 0.1) is 5.92 Å². The monoisotopic (exact) mass is 263 g/mol. The lowest BCUT2D eigenvalue weighted by atomic mass is 9.97. The topological polar surface area (TPSA) is 41.3 Å². The molecule has 2 unspecified atom stereocenters. The Hall–Kier alpha value is -0.870. The molecule has 1 saturated heterocycles. The van der Waals surface area contributed by atoms with Crippen molar-refractivity contribution in [3.8, 4) is 0 Å². The van der Waals surface area contributed by atoms with Crippen molar-refractivity contribution in [3.63, 3.8) is 0 Å². The van der Waals surface area contributed by atoms with Gasteiger partial charge in [0.05, 0.1) is 6.61 Å². The Bertz CT molecular complexity index is 429. The molecule has 0 saturated carbocycles. The number of aliphatic hydroxyl groups excluding tert-OH is 1. The van der Waals surface area contributed by atoms with Gasteiger partial charge in [-0.1, -0.05) is 6.92 Å². The molecule has 0 amide bonds. The summed E-state index contributed by atoms with van der Waals surface area (Å²) in [6, 6.07) is 0. The largest absolute Gasteiger partial charge is 0.396 e. The first-order valence-electron chi connectivity index (χ1n) is 7.69. The first-order valence-corrected chi connectivity index (χ1v) is 7.69. The van der Waals surface area contributed by atoms with Gasteiger partial charge in [-0.15, -0.1) is 0 Å². The second-order valence-electron chi connectivity index (χ2n) is 6.02. The number of aromatic nitrogens is 2. The van der Waals surface area contributed by atoms with E-state index < -0.39 is 0 Å². The van der Waals surface area contributed by atoms with Crippen LogP contribution in [-0.2, 0) is 13.0 Å². The molecule has 106 valence electrons. The highest BCUT2D eigenvalue weighted by molar-refractivity contribution is 5.14. The zero-order chi connectivity index (χ0) is 13.2. The summed E-state index contributed by atoms with van der Waals surface area (Å²) in [5.74, 6) is 2.32. The van der Waals surface area contributed by atoms with Gasteiger partial charge in [0.2, 0.25) is 0 Å². The molecule has 4 nitrogen and oxygen atoms in total. The second-order valence-corrected chi connectivity index (χ2v) is 6.02. The molecule has 2 aliphatic rings. The van der Waals surface area contributed by atoms with Crippen molar-refractivity contribution >= 4 is 0 Å². The summed E-state index contributed by atoms with van der Waals surface area (Å²) < 4.78 is 2.37. The third-order valence-electron chi connectivity index (χ3n) is 4.83. The van der Waals surface area contributed by atoms with Crippen LogP contribution in [0.15, 0.2) is 6.20 Å². The van der Waals surface area contributed by atoms with Crippen molar-refractivity contribution in [1.82, 2.24) is 14.5 Å². The van der Waals surface area contributed by atoms with Gasteiger partial charge in [0, 0.05) is 37.3 Å². The Morgan fingerprint density at radius 3 is 3.00 bits per heavy atom. The molecule has 1 N–H and O–H groups in total. The van der Waals surface area contributed by atoms with Gasteiger partial charge in [0.25, 0.3) is 0 Å². The molecule has 2 aliphatic heterocycles. The maximum absolute atomic E-state index is 9.45. The van der Waals surface area contributed by atoms with Gasteiger partial charge in [0.1, 0.15) is 5.82 Å². The predicted octanol–water partition coefficient (Wildman–Crippen LogP) is 1.64. The van der Waals surface area contributed by atoms with Gasteiger partial charge in [0.15, 0.2) is 0 Å². The van der Waals surface area contributed by atoms with Crippen molar-refractivity contribution in [1.29, 1.82) is 0 Å². The number of likely N-dealkylation sites (tertiary alicyclic amines) is 1. The Morgan fingerprint density at radius 1 is 1.37 bits per heavy atom. The average Bonchev–Trinajstić information content (AvgIpc) is 3.06. The van der Waals surface area contributed by atoms with Gasteiger partial charge >= 0.3 is 0 Å². The smallest absolute Gasteiger partial charge is 0.109 e. The van der Waals surface area contributed by atoms with Crippen LogP contribution in [0.4, 0.5) is 0 Å². The number of hydrogen-bond donors (Lipinski definition) is 1. The Kier molecular flexibility index (Phi) is 3.89. The molecule has 3 rings (SSSR count). The zero-order valence-corrected chi connectivity index (χ0v) is 11.9. The number of aliphatic hydroxyl groups is 1. The van der Waals surface area contributed by atoms with Gasteiger partial charge in [-0.3, -0.25) is 0 Å². The molecule has 3 heterocycles. The molecule has 0 spiro atoms. The van der Waals surface area contributed by atoms with E-state index in [1.807, 2.05) is 6.20 Å². The van der Waals surface area contributed by atoms with E-state index >= 15 is 0 Å². The predicted molar refractivity (Wildman–Crippen MR) is 75.2 cm³/mol. The molecular weight excluding hydrogens is 238 g/mol. The lowest BCUT2D eigenvalue weighted by molar-refractivity contribution is 0.240. The minimum atomic E-state index is 0.262. The highest BCUT2D eigenvalue weighted by atomic mass is 16.3. The highest BCUT2D eigenvalue weighted by Crippen LogP contribution is 2.29. The fourth-order valence-corrected chi connectivity index (χ4v) is 3.63. The quantitative estimate of drug-likeness (QED) is 0.898. The maximum atomic E-state index is 9.45. The van der Waals surface area contributed by atoms with Crippen LogP contribution in [0.25, 0.3) is 0 Å². The summed E-state index contributed by atoms with van der Waals surface area (Å²) in [5, 5.41) is 9.45. The number of fused-ring (bicyclic) bond motifs is 1. The van der Waals surface area contributed by atoms with Crippen LogP contribution < -0.4 is 0 Å². The molecule has 0 bridgehead atoms. The average molecular weight is 263 g/mol. The summed E-state index contributed by atoms with van der Waals surface area (Å²) >= 11 is 0. The van der Waals surface area contributed by atoms with Crippen LogP contribution in [0.3, 0.4) is 0 Å². The van der Waals surface area contributed by atoms with E-state index in [-0.39, 0.29) is 6.61 Å². The van der Waals surface area contributed by atoms with Crippen molar-refractivity contribution in [3.05, 3.63) is 17.7 Å². The van der Waals surface area contributed by atoms with Gasteiger partial charge < -0.3 is 14.6 Å². The maximum Gasteiger partial charge on any atom is 0.109 e. The number of nitrogens with zero attached hydrogens (tertiary/aromatic N) is 3. The molecular formula is C15H25N3O. The summed E-state index contributed by atoms with van der Waals surface area (Å²) in [5.41, 5.74) is 1.26. The van der Waals surface area contributed by atoms with Crippen molar-refractivity contribution in [2.24, 2.45) is 5.92 Å². The molecule has 4 heteroatoms. The molecule has 19 heavy (non-hydrogen) atoms. The summed E-state index contributed by atoms with van der Waals surface area (Å²) in [4.78, 5) is 7.17. The lowest BCUT2D eigenvalue weighted by Crippen LogP contribution is -2.22. The first kappa shape index (κ1) is 13.1. The molecule has 2 atom stereocenters. The summed E-state index contributed by atoms with van der Waals surface area (Å²) in [6.45, 7) is 7.23. The first-order chi connectivity index (χ1) is 9.31. The number of rotatable bonds is 4. The Morgan fingerprint density at radius 2 is 2.26 bits per heavy atom. The van der Waals surface area contributed by atoms with Crippen molar-refractivity contribution in [2.45, 2.75) is 45.1 Å². The molecule has 1 fully saturated rings. The Balaban J connectivity index is 1.71. The van der Waals surface area contributed by atoms with Crippen molar-refractivity contribution < 1.29 is 5.11 Å². The lowest BCUT2D eigenvalue weighted by Gasteiger charge is -2.24. The standard InChI is InChI=1S/C15H25N3O/c1-2-17-7-5-12(10-17)8-15-16-9-14-13(11-19)4-3-6-18(14)15/h9,12-13,19H,2-8,10-11H2,1H3. The highest BCUT2D eigenvalue weighted by Gasteiger charge is 2.26. The Labute approximate surface area is 115 Å². The summed E-state index contributed by atoms with van der Waals surface area (Å²) in [6.07, 6.45) is 6.69. The van der Waals surface area contributed by atoms with Crippen LogP contribution in [-0.4, -0.2) is 45.8 Å². The molecule has 1 aromatic rings. The van der Waals surface area contributed by atoms with Crippen LogP contribution >= 0.6 is 0 Å². The molecule has 1 aromatic heterocycles. The van der Waals surface area contributed by atoms with E-state index in [1.54, 1.807) is 0 Å². The van der Waals surface area contributed by atoms with Crippen LogP contribution in [0.1, 0.15) is 43.6 Å². The van der Waals surface area contributed by atoms with Crippen LogP contribution in [0.2, 0.25) is 0 Å². The third-order valence-corrected chi connectivity index (χ3v) is 4.83. The van der Waals surface area contributed by atoms with E-state index in [4.69, 9.17) is 0 Å².